The van der Waals surface area contributed by atoms with Gasteiger partial charge in [0.15, 0.2) is 17.0 Å². The van der Waals surface area contributed by atoms with E-state index in [0.717, 1.165) is 5.56 Å². The molecule has 7 N–H and O–H groups in total. The summed E-state index contributed by atoms with van der Waals surface area (Å²) in [7, 11) is 0. The van der Waals surface area contributed by atoms with Gasteiger partial charge < -0.3 is 27.1 Å². The quantitative estimate of drug-likeness (QED) is 0.338. The lowest BCUT2D eigenvalue weighted by molar-refractivity contribution is 0.625. The molecule has 8 nitrogen and oxygen atoms in total. The van der Waals surface area contributed by atoms with Gasteiger partial charge in [0, 0.05) is 24.7 Å². The second-order valence-electron chi connectivity index (χ2n) is 7.58. The summed E-state index contributed by atoms with van der Waals surface area (Å²) in [5.41, 5.74) is 21.4. The Morgan fingerprint density at radius 2 is 1.84 bits per heavy atom. The molecule has 1 atom stereocenters. The number of nitrogen functional groups attached to an aromatic ring is 2. The smallest absolute Gasteiger partial charge is 0.226 e. The number of nitrogens with one attached hydrogen (secondary N) is 1. The Kier molecular flexibility index (Phi) is 5.68. The Morgan fingerprint density at radius 3 is 2.58 bits per heavy atom. The molecule has 9 heteroatoms. The average Bonchev–Trinajstić information content (AvgIpc) is 3.08. The molecule has 0 saturated carbocycles. The van der Waals surface area contributed by atoms with Gasteiger partial charge in [0.25, 0.3) is 0 Å². The fraction of sp³-hybridized carbons (Fsp3) is 0.227. The van der Waals surface area contributed by atoms with Gasteiger partial charge in [-0.15, -0.1) is 0 Å². The maximum absolute atomic E-state index is 13.8. The zero-order valence-corrected chi connectivity index (χ0v) is 17.2. The third-order valence-corrected chi connectivity index (χ3v) is 4.92. The topological polar surface area (TPSA) is 134 Å². The number of hydrogen-bond acceptors (Lipinski definition) is 7. The molecule has 31 heavy (non-hydrogen) atoms. The SMILES string of the molecule is CC(N)CNc1nc(N)c2nc(Cc3cc(F)ccc3N)n(Cc3ccccc3)c2n1. The van der Waals surface area contributed by atoms with Gasteiger partial charge in [0.2, 0.25) is 5.95 Å². The van der Waals surface area contributed by atoms with E-state index in [-0.39, 0.29) is 17.7 Å². The van der Waals surface area contributed by atoms with Crippen LogP contribution in [-0.2, 0) is 13.0 Å². The standard InChI is InChI=1S/C22H25FN8/c1-13(24)11-27-22-29-20(26)19-21(30-22)31(12-14-5-3-2-4-6-14)18(28-19)10-15-9-16(23)7-8-17(15)25/h2-9,13H,10-12,24-25H2,1H3,(H3,26,27,29,30). The number of halogens is 1. The molecular weight excluding hydrogens is 395 g/mol. The Morgan fingerprint density at radius 1 is 1.06 bits per heavy atom. The van der Waals surface area contributed by atoms with Crippen molar-refractivity contribution in [1.82, 2.24) is 19.5 Å². The van der Waals surface area contributed by atoms with E-state index in [1.165, 1.54) is 12.1 Å². The van der Waals surface area contributed by atoms with Crippen LogP contribution < -0.4 is 22.5 Å². The lowest BCUT2D eigenvalue weighted by Gasteiger charge is -2.12. The van der Waals surface area contributed by atoms with E-state index in [9.17, 15) is 4.39 Å². The van der Waals surface area contributed by atoms with Crippen molar-refractivity contribution in [2.45, 2.75) is 25.9 Å². The van der Waals surface area contributed by atoms with Gasteiger partial charge in [-0.3, -0.25) is 0 Å². The van der Waals surface area contributed by atoms with Crippen molar-refractivity contribution in [1.29, 1.82) is 0 Å². The van der Waals surface area contributed by atoms with Crippen molar-refractivity contribution in [2.75, 3.05) is 23.3 Å². The molecule has 160 valence electrons. The fourth-order valence-electron chi connectivity index (χ4n) is 3.36. The van der Waals surface area contributed by atoms with Crippen molar-refractivity contribution in [3.8, 4) is 0 Å². The minimum absolute atomic E-state index is 0.0683. The predicted octanol–water partition coefficient (Wildman–Crippen LogP) is 2.53. The van der Waals surface area contributed by atoms with Crippen molar-refractivity contribution in [3.05, 3.63) is 71.3 Å². The first-order chi connectivity index (χ1) is 14.9. The van der Waals surface area contributed by atoms with Crippen LogP contribution in [0.3, 0.4) is 0 Å². The van der Waals surface area contributed by atoms with Crippen LogP contribution in [0.15, 0.2) is 48.5 Å². The molecule has 0 bridgehead atoms. The van der Waals surface area contributed by atoms with E-state index in [4.69, 9.17) is 22.2 Å². The highest BCUT2D eigenvalue weighted by atomic mass is 19.1. The number of benzene rings is 2. The number of fused-ring (bicyclic) bond motifs is 1. The molecule has 2 aromatic carbocycles. The molecule has 0 spiro atoms. The summed E-state index contributed by atoms with van der Waals surface area (Å²) in [5.74, 6) is 0.962. The van der Waals surface area contributed by atoms with Gasteiger partial charge in [0.05, 0.1) is 6.54 Å². The number of anilines is 3. The summed E-state index contributed by atoms with van der Waals surface area (Å²) in [6, 6.07) is 14.2. The molecule has 1 unspecified atom stereocenters. The normalized spacial score (nSPS) is 12.2. The molecule has 2 aromatic heterocycles. The van der Waals surface area contributed by atoms with Crippen LogP contribution in [0.25, 0.3) is 11.2 Å². The molecular formula is C22H25FN8. The third-order valence-electron chi connectivity index (χ3n) is 4.92. The van der Waals surface area contributed by atoms with Gasteiger partial charge in [0.1, 0.15) is 11.6 Å². The van der Waals surface area contributed by atoms with Crippen LogP contribution in [0.4, 0.5) is 21.8 Å². The number of aromatic nitrogens is 4. The Balaban J connectivity index is 1.82. The van der Waals surface area contributed by atoms with Crippen molar-refractivity contribution in [2.24, 2.45) is 5.73 Å². The van der Waals surface area contributed by atoms with Gasteiger partial charge >= 0.3 is 0 Å². The van der Waals surface area contributed by atoms with E-state index < -0.39 is 0 Å². The highest BCUT2D eigenvalue weighted by Crippen LogP contribution is 2.25. The Labute approximate surface area is 179 Å². The Hall–Kier alpha value is -3.72. The number of nitrogens with zero attached hydrogens (tertiary/aromatic N) is 4. The molecule has 0 saturated heterocycles. The molecule has 0 aliphatic heterocycles. The zero-order valence-electron chi connectivity index (χ0n) is 17.2. The summed E-state index contributed by atoms with van der Waals surface area (Å²) in [4.78, 5) is 13.6. The largest absolute Gasteiger partial charge is 0.398 e. The first-order valence-corrected chi connectivity index (χ1v) is 10.0. The van der Waals surface area contributed by atoms with E-state index >= 15 is 0 Å². The molecule has 4 rings (SSSR count). The van der Waals surface area contributed by atoms with Crippen LogP contribution >= 0.6 is 0 Å². The monoisotopic (exact) mass is 420 g/mol. The molecule has 4 aromatic rings. The van der Waals surface area contributed by atoms with Gasteiger partial charge in [-0.2, -0.15) is 9.97 Å². The Bertz CT molecular complexity index is 1200. The first kappa shape index (κ1) is 20.5. The van der Waals surface area contributed by atoms with Crippen LogP contribution in [0.2, 0.25) is 0 Å². The van der Waals surface area contributed by atoms with E-state index in [1.807, 2.05) is 41.8 Å². The summed E-state index contributed by atoms with van der Waals surface area (Å²) in [5, 5.41) is 3.11. The van der Waals surface area contributed by atoms with E-state index in [2.05, 4.69) is 15.3 Å². The minimum atomic E-state index is -0.350. The number of imidazole rings is 1. The van der Waals surface area contributed by atoms with Crippen molar-refractivity contribution in [3.63, 3.8) is 0 Å². The van der Waals surface area contributed by atoms with Crippen LogP contribution in [0, 0.1) is 5.82 Å². The predicted molar refractivity (Wildman–Crippen MR) is 121 cm³/mol. The summed E-state index contributed by atoms with van der Waals surface area (Å²) in [6.07, 6.45) is 0.328. The third kappa shape index (κ3) is 4.56. The van der Waals surface area contributed by atoms with Crippen LogP contribution in [0.1, 0.15) is 23.9 Å². The highest BCUT2D eigenvalue weighted by Gasteiger charge is 2.18. The lowest BCUT2D eigenvalue weighted by atomic mass is 10.1. The second-order valence-corrected chi connectivity index (χ2v) is 7.58. The van der Waals surface area contributed by atoms with Crippen LogP contribution in [0.5, 0.6) is 0 Å². The zero-order chi connectivity index (χ0) is 22.0. The van der Waals surface area contributed by atoms with Crippen LogP contribution in [-0.4, -0.2) is 32.1 Å². The molecule has 0 fully saturated rings. The number of hydrogen-bond donors (Lipinski definition) is 4. The maximum Gasteiger partial charge on any atom is 0.226 e. The summed E-state index contributed by atoms with van der Waals surface area (Å²) < 4.78 is 15.8. The minimum Gasteiger partial charge on any atom is -0.398 e. The highest BCUT2D eigenvalue weighted by molar-refractivity contribution is 5.83. The first-order valence-electron chi connectivity index (χ1n) is 10.0. The maximum atomic E-state index is 13.8. The lowest BCUT2D eigenvalue weighted by Crippen LogP contribution is -2.26. The van der Waals surface area contributed by atoms with Gasteiger partial charge in [-0.25, -0.2) is 9.37 Å². The van der Waals surface area contributed by atoms with E-state index in [1.54, 1.807) is 6.07 Å². The average molecular weight is 420 g/mol. The fourth-order valence-corrected chi connectivity index (χ4v) is 3.36. The van der Waals surface area contributed by atoms with Gasteiger partial charge in [-0.05, 0) is 36.2 Å². The van der Waals surface area contributed by atoms with E-state index in [0.29, 0.717) is 53.7 Å². The van der Waals surface area contributed by atoms with Gasteiger partial charge in [-0.1, -0.05) is 30.3 Å². The molecule has 2 heterocycles. The molecule has 0 amide bonds. The van der Waals surface area contributed by atoms with Crippen molar-refractivity contribution < 1.29 is 4.39 Å². The summed E-state index contributed by atoms with van der Waals surface area (Å²) >= 11 is 0. The molecule has 0 aliphatic carbocycles. The number of nitrogens with two attached hydrogens (primary N) is 3. The summed E-state index contributed by atoms with van der Waals surface area (Å²) in [6.45, 7) is 2.91. The molecule has 0 radical (unpaired) electrons. The van der Waals surface area contributed by atoms with Crippen molar-refractivity contribution >= 4 is 28.6 Å². The molecule has 0 aliphatic rings. The number of rotatable bonds is 7. The second kappa shape index (κ2) is 8.57.